The molecule has 10 heteroatoms. The van der Waals surface area contributed by atoms with Crippen molar-refractivity contribution in [3.05, 3.63) is 35.7 Å². The maximum Gasteiger partial charge on any atom is 0.238 e. The fraction of sp³-hybridized carbons (Fsp3) is 0.500. The Kier molecular flexibility index (Phi) is 6.41. The lowest BCUT2D eigenvalue weighted by Crippen LogP contribution is -2.32. The predicted octanol–water partition coefficient (Wildman–Crippen LogP) is 1.66. The summed E-state index contributed by atoms with van der Waals surface area (Å²) < 4.78 is 24.6. The summed E-state index contributed by atoms with van der Waals surface area (Å²) in [6, 6.07) is 6.35. The highest BCUT2D eigenvalue weighted by Crippen LogP contribution is 2.40. The molecule has 28 heavy (non-hydrogen) atoms. The number of rotatable bonds is 9. The van der Waals surface area contributed by atoms with Crippen molar-refractivity contribution in [3.63, 3.8) is 0 Å². The van der Waals surface area contributed by atoms with E-state index in [1.54, 1.807) is 12.1 Å². The van der Waals surface area contributed by atoms with E-state index >= 15 is 0 Å². The number of carbonyl (C=O) groups is 1. The number of hydrogen-bond donors (Lipinski definition) is 2. The molecule has 1 saturated carbocycles. The topological polar surface area (TPSA) is 120 Å². The summed E-state index contributed by atoms with van der Waals surface area (Å²) >= 11 is 1.42. The van der Waals surface area contributed by atoms with Gasteiger partial charge in [0, 0.05) is 19.0 Å². The number of aromatic nitrogens is 3. The first kappa shape index (κ1) is 20.8. The zero-order valence-electron chi connectivity index (χ0n) is 16.0. The second kappa shape index (κ2) is 8.62. The van der Waals surface area contributed by atoms with Gasteiger partial charge in [-0.25, -0.2) is 13.6 Å². The van der Waals surface area contributed by atoms with Crippen LogP contribution >= 0.6 is 11.8 Å². The van der Waals surface area contributed by atoms with E-state index in [0.717, 1.165) is 35.9 Å². The summed E-state index contributed by atoms with van der Waals surface area (Å²) in [5.41, 5.74) is 0.924. The monoisotopic (exact) mass is 423 g/mol. The summed E-state index contributed by atoms with van der Waals surface area (Å²) in [5, 5.41) is 17.1. The summed E-state index contributed by atoms with van der Waals surface area (Å²) in [4.78, 5) is 12.5. The van der Waals surface area contributed by atoms with Crippen LogP contribution in [0.2, 0.25) is 0 Å². The summed E-state index contributed by atoms with van der Waals surface area (Å²) in [6.45, 7) is 5.17. The zero-order chi connectivity index (χ0) is 20.3. The number of benzene rings is 1. The molecule has 1 aromatic carbocycles. The molecule has 0 unspecified atom stereocenters. The van der Waals surface area contributed by atoms with Gasteiger partial charge in [0.25, 0.3) is 0 Å². The lowest BCUT2D eigenvalue weighted by molar-refractivity contribution is -0.120. The summed E-state index contributed by atoms with van der Waals surface area (Å²) in [6.07, 6.45) is 2.93. The number of sulfonamides is 1. The first-order valence-electron chi connectivity index (χ1n) is 9.28. The van der Waals surface area contributed by atoms with Gasteiger partial charge in [0.05, 0.1) is 10.1 Å². The fourth-order valence-corrected chi connectivity index (χ4v) is 4.32. The van der Waals surface area contributed by atoms with Crippen molar-refractivity contribution < 1.29 is 13.2 Å². The third kappa shape index (κ3) is 5.12. The van der Waals surface area contributed by atoms with E-state index in [4.69, 9.17) is 5.14 Å². The van der Waals surface area contributed by atoms with Gasteiger partial charge >= 0.3 is 0 Å². The van der Waals surface area contributed by atoms with Crippen LogP contribution in [-0.4, -0.2) is 40.9 Å². The van der Waals surface area contributed by atoms with E-state index in [1.165, 1.54) is 23.9 Å². The number of thioether (sulfide) groups is 1. The van der Waals surface area contributed by atoms with Gasteiger partial charge in [0.15, 0.2) is 5.16 Å². The second-order valence-electron chi connectivity index (χ2n) is 6.85. The van der Waals surface area contributed by atoms with Gasteiger partial charge in [-0.2, -0.15) is 0 Å². The maximum atomic E-state index is 12.4. The third-order valence-corrected chi connectivity index (χ3v) is 6.63. The molecule has 0 spiro atoms. The van der Waals surface area contributed by atoms with Crippen molar-refractivity contribution in [2.24, 2.45) is 5.14 Å². The Hall–Kier alpha value is -1.91. The molecule has 8 nitrogen and oxygen atoms in total. The van der Waals surface area contributed by atoms with Crippen molar-refractivity contribution in [2.75, 3.05) is 6.54 Å². The number of nitrogens with one attached hydrogen (secondary N) is 1. The van der Waals surface area contributed by atoms with Crippen LogP contribution in [0.15, 0.2) is 34.3 Å². The van der Waals surface area contributed by atoms with E-state index in [-0.39, 0.29) is 16.1 Å². The molecule has 0 aliphatic heterocycles. The Morgan fingerprint density at radius 2 is 2.00 bits per heavy atom. The number of nitrogens with zero attached hydrogens (tertiary/aromatic N) is 3. The van der Waals surface area contributed by atoms with Crippen LogP contribution in [0, 0.1) is 0 Å². The van der Waals surface area contributed by atoms with E-state index < -0.39 is 10.0 Å². The first-order chi connectivity index (χ1) is 13.3. The quantitative estimate of drug-likeness (QED) is 0.592. The molecule has 1 aromatic heterocycles. The lowest BCUT2D eigenvalue weighted by Gasteiger charge is -2.13. The van der Waals surface area contributed by atoms with Crippen molar-refractivity contribution >= 4 is 27.7 Å². The minimum absolute atomic E-state index is 0.0650. The van der Waals surface area contributed by atoms with Gasteiger partial charge in [-0.3, -0.25) is 4.79 Å². The highest BCUT2D eigenvalue weighted by atomic mass is 32.2. The molecule has 1 aliphatic carbocycles. The lowest BCUT2D eigenvalue weighted by atomic mass is 10.1. The first-order valence-corrected chi connectivity index (χ1v) is 11.7. The molecule has 2 aromatic rings. The largest absolute Gasteiger partial charge is 0.355 e. The van der Waals surface area contributed by atoms with Gasteiger partial charge in [-0.05, 0) is 50.8 Å². The molecule has 1 fully saturated rings. The van der Waals surface area contributed by atoms with Crippen LogP contribution in [0.3, 0.4) is 0 Å². The Morgan fingerprint density at radius 3 is 2.57 bits per heavy atom. The molecular formula is C18H25N5O3S2. The van der Waals surface area contributed by atoms with Crippen LogP contribution in [0.4, 0.5) is 0 Å². The average Bonchev–Trinajstić information content (AvgIpc) is 3.42. The number of hydrogen-bond acceptors (Lipinski definition) is 6. The second-order valence-corrected chi connectivity index (χ2v) is 9.72. The molecule has 152 valence electrons. The van der Waals surface area contributed by atoms with Crippen LogP contribution < -0.4 is 10.5 Å². The van der Waals surface area contributed by atoms with E-state index in [2.05, 4.69) is 27.0 Å². The molecule has 0 radical (unpaired) electrons. The van der Waals surface area contributed by atoms with Crippen molar-refractivity contribution in [3.8, 4) is 0 Å². The maximum absolute atomic E-state index is 12.4. The van der Waals surface area contributed by atoms with Crippen LogP contribution in [0.1, 0.15) is 44.0 Å². The zero-order valence-corrected chi connectivity index (χ0v) is 17.6. The Morgan fingerprint density at radius 1 is 1.32 bits per heavy atom. The predicted molar refractivity (Wildman–Crippen MR) is 108 cm³/mol. The standard InChI is InChI=1S/C18H25N5O3S2/c1-3-23-16(14-6-7-14)21-22-18(23)27-12(2)17(24)20-11-10-13-4-8-15(9-5-13)28(19,25)26/h4-5,8-9,12,14H,3,6-7,10-11H2,1-2H3,(H,20,24)(H2,19,25,26)/t12-/m1/s1. The Bertz CT molecular complexity index is 937. The fourth-order valence-electron chi connectivity index (χ4n) is 2.86. The normalized spacial score (nSPS) is 15.4. The third-order valence-electron chi connectivity index (χ3n) is 4.62. The van der Waals surface area contributed by atoms with Gasteiger partial charge in [0.1, 0.15) is 5.82 Å². The highest BCUT2D eigenvalue weighted by Gasteiger charge is 2.30. The van der Waals surface area contributed by atoms with E-state index in [1.807, 2.05) is 6.92 Å². The van der Waals surface area contributed by atoms with Crippen molar-refractivity contribution in [2.45, 2.75) is 60.9 Å². The molecule has 0 saturated heterocycles. The smallest absolute Gasteiger partial charge is 0.238 e. The number of amides is 1. The van der Waals surface area contributed by atoms with Crippen LogP contribution in [0.25, 0.3) is 0 Å². The van der Waals surface area contributed by atoms with Crippen LogP contribution in [0.5, 0.6) is 0 Å². The van der Waals surface area contributed by atoms with Crippen molar-refractivity contribution in [1.29, 1.82) is 0 Å². The summed E-state index contributed by atoms with van der Waals surface area (Å²) in [5.74, 6) is 1.48. The number of carbonyl (C=O) groups excluding carboxylic acids is 1. The van der Waals surface area contributed by atoms with Crippen molar-refractivity contribution in [1.82, 2.24) is 20.1 Å². The molecule has 1 heterocycles. The molecule has 0 bridgehead atoms. The SMILES string of the molecule is CCn1c(S[C@H](C)C(=O)NCCc2ccc(S(N)(=O)=O)cc2)nnc1C1CC1. The van der Waals surface area contributed by atoms with Gasteiger partial charge in [-0.1, -0.05) is 23.9 Å². The minimum Gasteiger partial charge on any atom is -0.355 e. The molecule has 1 atom stereocenters. The number of primary sulfonamides is 1. The average molecular weight is 424 g/mol. The van der Waals surface area contributed by atoms with Gasteiger partial charge < -0.3 is 9.88 Å². The molecule has 3 rings (SSSR count). The van der Waals surface area contributed by atoms with Gasteiger partial charge in [-0.15, -0.1) is 10.2 Å². The molecule has 3 N–H and O–H groups in total. The van der Waals surface area contributed by atoms with Gasteiger partial charge in [0.2, 0.25) is 15.9 Å². The van der Waals surface area contributed by atoms with Crippen LogP contribution in [-0.2, 0) is 27.8 Å². The minimum atomic E-state index is -3.69. The molecular weight excluding hydrogens is 398 g/mol. The Labute approximate surface area is 169 Å². The summed E-state index contributed by atoms with van der Waals surface area (Å²) in [7, 11) is -3.69. The Balaban J connectivity index is 1.49. The molecule has 1 aliphatic rings. The van der Waals surface area contributed by atoms with E-state index in [0.29, 0.717) is 18.9 Å². The van der Waals surface area contributed by atoms with E-state index in [9.17, 15) is 13.2 Å². The highest BCUT2D eigenvalue weighted by molar-refractivity contribution is 8.00. The number of nitrogens with two attached hydrogens (primary N) is 1. The molecule has 1 amide bonds.